The van der Waals surface area contributed by atoms with E-state index in [0.29, 0.717) is 18.8 Å². The fourth-order valence-corrected chi connectivity index (χ4v) is 5.42. The first-order chi connectivity index (χ1) is 17.5. The Balaban J connectivity index is 1.28. The molecule has 1 N–H and O–H groups in total. The van der Waals surface area contributed by atoms with Gasteiger partial charge < -0.3 is 19.7 Å². The molecule has 6 rings (SSSR count). The summed E-state index contributed by atoms with van der Waals surface area (Å²) >= 11 is 6.06. The van der Waals surface area contributed by atoms with Crippen LogP contribution < -0.4 is 10.2 Å². The SMILES string of the molecule is O=C1Cc2c(ncnc2N2CC=C(c3nc(-c4ccc(F)c(Cl)c4)cn3CCN3CCCC3)CC2)N1. The summed E-state index contributed by atoms with van der Waals surface area (Å²) in [6.45, 7) is 5.53. The molecule has 5 heterocycles. The molecule has 36 heavy (non-hydrogen) atoms. The largest absolute Gasteiger partial charge is 0.352 e. The maximum Gasteiger partial charge on any atom is 0.230 e. The van der Waals surface area contributed by atoms with Crippen molar-refractivity contribution in [3.63, 3.8) is 0 Å². The van der Waals surface area contributed by atoms with Crippen LogP contribution in [0.25, 0.3) is 16.8 Å². The highest BCUT2D eigenvalue weighted by molar-refractivity contribution is 6.31. The van der Waals surface area contributed by atoms with Gasteiger partial charge in [0.05, 0.1) is 17.1 Å². The number of fused-ring (bicyclic) bond motifs is 1. The Bertz CT molecular complexity index is 1350. The third kappa shape index (κ3) is 4.49. The van der Waals surface area contributed by atoms with Crippen LogP contribution in [0, 0.1) is 5.82 Å². The minimum absolute atomic E-state index is 0.0477. The van der Waals surface area contributed by atoms with Crippen LogP contribution in [0.4, 0.5) is 16.0 Å². The third-order valence-electron chi connectivity index (χ3n) is 7.16. The molecule has 2 aromatic heterocycles. The topological polar surface area (TPSA) is 79.2 Å². The van der Waals surface area contributed by atoms with Crippen LogP contribution in [0.3, 0.4) is 0 Å². The van der Waals surface area contributed by atoms with Crippen molar-refractivity contribution in [3.05, 3.63) is 59.0 Å². The Kier molecular flexibility index (Phi) is 6.18. The first kappa shape index (κ1) is 23.1. The average molecular weight is 508 g/mol. The van der Waals surface area contributed by atoms with Crippen molar-refractivity contribution in [2.24, 2.45) is 0 Å². The van der Waals surface area contributed by atoms with Crippen molar-refractivity contribution in [2.75, 3.05) is 42.9 Å². The van der Waals surface area contributed by atoms with Gasteiger partial charge in [-0.1, -0.05) is 17.7 Å². The van der Waals surface area contributed by atoms with E-state index < -0.39 is 5.82 Å². The molecule has 1 aromatic carbocycles. The summed E-state index contributed by atoms with van der Waals surface area (Å²) in [5.41, 5.74) is 3.62. The van der Waals surface area contributed by atoms with E-state index in [-0.39, 0.29) is 10.9 Å². The lowest BCUT2D eigenvalue weighted by Crippen LogP contribution is -2.30. The average Bonchev–Trinajstić information content (AvgIpc) is 3.63. The number of benzene rings is 1. The summed E-state index contributed by atoms with van der Waals surface area (Å²) in [6.07, 6.45) is 9.36. The van der Waals surface area contributed by atoms with Gasteiger partial charge >= 0.3 is 0 Å². The molecule has 0 aliphatic carbocycles. The fourth-order valence-electron chi connectivity index (χ4n) is 5.24. The Morgan fingerprint density at radius 2 is 1.97 bits per heavy atom. The molecule has 1 fully saturated rings. The van der Waals surface area contributed by atoms with Crippen LogP contribution in [0.15, 0.2) is 36.8 Å². The lowest BCUT2D eigenvalue weighted by Gasteiger charge is -2.28. The van der Waals surface area contributed by atoms with Gasteiger partial charge in [0.25, 0.3) is 0 Å². The highest BCUT2D eigenvalue weighted by Gasteiger charge is 2.27. The number of amides is 1. The van der Waals surface area contributed by atoms with E-state index in [0.717, 1.165) is 67.6 Å². The number of likely N-dealkylation sites (tertiary alicyclic amines) is 1. The number of carbonyl (C=O) groups excluding carboxylic acids is 1. The van der Waals surface area contributed by atoms with Gasteiger partial charge in [0.1, 0.15) is 29.6 Å². The molecule has 1 saturated heterocycles. The quantitative estimate of drug-likeness (QED) is 0.543. The minimum atomic E-state index is -0.433. The van der Waals surface area contributed by atoms with Gasteiger partial charge in [-0.3, -0.25) is 4.79 Å². The predicted molar refractivity (Wildman–Crippen MR) is 137 cm³/mol. The molecule has 10 heteroatoms. The molecule has 0 radical (unpaired) electrons. The lowest BCUT2D eigenvalue weighted by atomic mass is 10.1. The Morgan fingerprint density at radius 3 is 2.75 bits per heavy atom. The smallest absolute Gasteiger partial charge is 0.230 e. The number of hydrogen-bond acceptors (Lipinski definition) is 6. The zero-order valence-electron chi connectivity index (χ0n) is 19.9. The van der Waals surface area contributed by atoms with Crippen LogP contribution in [-0.2, 0) is 17.8 Å². The molecule has 0 saturated carbocycles. The molecular formula is C26H27ClFN7O. The van der Waals surface area contributed by atoms with Gasteiger partial charge in [0.15, 0.2) is 0 Å². The fraction of sp³-hybridized carbons (Fsp3) is 0.385. The van der Waals surface area contributed by atoms with Crippen molar-refractivity contribution in [3.8, 4) is 11.3 Å². The van der Waals surface area contributed by atoms with E-state index in [4.69, 9.17) is 16.6 Å². The van der Waals surface area contributed by atoms with Gasteiger partial charge in [-0.25, -0.2) is 19.3 Å². The summed E-state index contributed by atoms with van der Waals surface area (Å²) in [7, 11) is 0. The number of anilines is 2. The zero-order valence-corrected chi connectivity index (χ0v) is 20.6. The zero-order chi connectivity index (χ0) is 24.6. The molecule has 3 aliphatic rings. The van der Waals surface area contributed by atoms with E-state index in [9.17, 15) is 9.18 Å². The standard InChI is InChI=1S/C26H27ClFN7O/c27-20-13-18(3-4-21(20)28)22-15-35(12-11-33-7-1-2-8-33)25(31-22)17-5-9-34(10-6-17)26-19-14-23(36)32-24(19)29-16-30-26/h3-5,13,15-16H,1-2,6-12,14H2,(H,29,30,32,36). The summed E-state index contributed by atoms with van der Waals surface area (Å²) in [5, 5.41) is 2.90. The van der Waals surface area contributed by atoms with E-state index in [1.165, 1.54) is 30.8 Å². The van der Waals surface area contributed by atoms with E-state index in [1.807, 2.05) is 0 Å². The highest BCUT2D eigenvalue weighted by atomic mass is 35.5. The Morgan fingerprint density at radius 1 is 1.11 bits per heavy atom. The molecule has 8 nitrogen and oxygen atoms in total. The lowest BCUT2D eigenvalue weighted by molar-refractivity contribution is -0.115. The number of carbonyl (C=O) groups is 1. The molecule has 0 atom stereocenters. The molecule has 186 valence electrons. The Hall–Kier alpha value is -3.30. The van der Waals surface area contributed by atoms with Crippen molar-refractivity contribution < 1.29 is 9.18 Å². The van der Waals surface area contributed by atoms with Gasteiger partial charge in [0.2, 0.25) is 5.91 Å². The van der Waals surface area contributed by atoms with E-state index in [2.05, 4.69) is 41.9 Å². The van der Waals surface area contributed by atoms with Gasteiger partial charge in [0, 0.05) is 43.5 Å². The molecule has 1 amide bonds. The van der Waals surface area contributed by atoms with Gasteiger partial charge in [-0.2, -0.15) is 0 Å². The molecule has 3 aromatic rings. The normalized spacial score (nSPS) is 17.9. The second-order valence-electron chi connectivity index (χ2n) is 9.50. The van der Waals surface area contributed by atoms with Crippen LogP contribution in [0.2, 0.25) is 5.02 Å². The molecule has 0 unspecified atom stereocenters. The predicted octanol–water partition coefficient (Wildman–Crippen LogP) is 4.02. The maximum atomic E-state index is 13.8. The van der Waals surface area contributed by atoms with Crippen molar-refractivity contribution in [1.29, 1.82) is 0 Å². The summed E-state index contributed by atoms with van der Waals surface area (Å²) in [5.74, 6) is 1.88. The molecular weight excluding hydrogens is 481 g/mol. The first-order valence-corrected chi connectivity index (χ1v) is 12.8. The third-order valence-corrected chi connectivity index (χ3v) is 7.45. The van der Waals surface area contributed by atoms with Crippen molar-refractivity contribution in [1.82, 2.24) is 24.4 Å². The summed E-state index contributed by atoms with van der Waals surface area (Å²) in [4.78, 5) is 30.2. The second kappa shape index (κ2) is 9.63. The molecule has 0 spiro atoms. The van der Waals surface area contributed by atoms with Crippen LogP contribution in [0.5, 0.6) is 0 Å². The minimum Gasteiger partial charge on any atom is -0.352 e. The van der Waals surface area contributed by atoms with Crippen LogP contribution in [0.1, 0.15) is 30.7 Å². The maximum absolute atomic E-state index is 13.8. The first-order valence-electron chi connectivity index (χ1n) is 12.4. The van der Waals surface area contributed by atoms with E-state index in [1.54, 1.807) is 12.1 Å². The van der Waals surface area contributed by atoms with Gasteiger partial charge in [-0.05, 0) is 56.1 Å². The molecule has 0 bridgehead atoms. The second-order valence-corrected chi connectivity index (χ2v) is 9.90. The van der Waals surface area contributed by atoms with Crippen molar-refractivity contribution in [2.45, 2.75) is 32.2 Å². The number of hydrogen-bond donors (Lipinski definition) is 1. The summed E-state index contributed by atoms with van der Waals surface area (Å²) < 4.78 is 16.0. The number of rotatable bonds is 6. The number of nitrogens with zero attached hydrogens (tertiary/aromatic N) is 6. The highest BCUT2D eigenvalue weighted by Crippen LogP contribution is 2.33. The number of imidazole rings is 1. The number of halogens is 2. The van der Waals surface area contributed by atoms with Crippen LogP contribution >= 0.6 is 11.6 Å². The van der Waals surface area contributed by atoms with E-state index >= 15 is 0 Å². The number of nitrogens with one attached hydrogen (secondary N) is 1. The summed E-state index contributed by atoms with van der Waals surface area (Å²) in [6, 6.07) is 4.74. The molecule has 3 aliphatic heterocycles. The van der Waals surface area contributed by atoms with Crippen molar-refractivity contribution >= 4 is 34.7 Å². The van der Waals surface area contributed by atoms with Crippen LogP contribution in [-0.4, -0.2) is 63.0 Å². The number of aromatic nitrogens is 4. The Labute approximate surface area is 213 Å². The monoisotopic (exact) mass is 507 g/mol. The van der Waals surface area contributed by atoms with Gasteiger partial charge in [-0.15, -0.1) is 0 Å².